The molecular formula is C8H4ClF3N2S2. The molecule has 2 nitrogen and oxygen atoms in total. The van der Waals surface area contributed by atoms with E-state index in [4.69, 9.17) is 0 Å². The lowest BCUT2D eigenvalue weighted by atomic mass is 10.1. The SMILES string of the molecule is FC(F)(F)c1cccc(-c2ns[s+]n2)c1.[Cl-]. The molecule has 1 aromatic heterocycles. The summed E-state index contributed by atoms with van der Waals surface area (Å²) < 4.78 is 44.9. The number of benzene rings is 1. The molecule has 1 heterocycles. The van der Waals surface area contributed by atoms with E-state index in [1.807, 2.05) is 0 Å². The number of rotatable bonds is 1. The molecule has 0 atom stereocenters. The van der Waals surface area contributed by atoms with E-state index in [1.165, 1.54) is 6.07 Å². The van der Waals surface area contributed by atoms with Gasteiger partial charge in [0.1, 0.15) is 0 Å². The van der Waals surface area contributed by atoms with Crippen LogP contribution in [0.3, 0.4) is 0 Å². The second-order valence-electron chi connectivity index (χ2n) is 2.73. The van der Waals surface area contributed by atoms with Crippen LogP contribution in [0.2, 0.25) is 0 Å². The number of hydrogen-bond acceptors (Lipinski definition) is 3. The maximum absolute atomic E-state index is 12.4. The summed E-state index contributed by atoms with van der Waals surface area (Å²) >= 11 is 0. The van der Waals surface area contributed by atoms with Gasteiger partial charge < -0.3 is 12.4 Å². The minimum atomic E-state index is -4.32. The topological polar surface area (TPSA) is 25.8 Å². The quantitative estimate of drug-likeness (QED) is 0.565. The smallest absolute Gasteiger partial charge is 0.462 e. The van der Waals surface area contributed by atoms with E-state index in [9.17, 15) is 13.2 Å². The first-order valence-electron chi connectivity index (χ1n) is 3.87. The summed E-state index contributed by atoms with van der Waals surface area (Å²) in [6.45, 7) is 0. The van der Waals surface area contributed by atoms with Crippen molar-refractivity contribution in [2.75, 3.05) is 0 Å². The molecule has 0 saturated carbocycles. The lowest BCUT2D eigenvalue weighted by Crippen LogP contribution is -3.00. The molecule has 0 bridgehead atoms. The highest BCUT2D eigenvalue weighted by molar-refractivity contribution is 7.64. The zero-order valence-electron chi connectivity index (χ0n) is 7.53. The first kappa shape index (κ1) is 13.3. The molecule has 0 aliphatic carbocycles. The second kappa shape index (κ2) is 5.03. The lowest BCUT2D eigenvalue weighted by Gasteiger charge is -2.06. The maximum Gasteiger partial charge on any atom is 0.462 e. The fourth-order valence-corrected chi connectivity index (χ4v) is 2.24. The molecule has 0 saturated heterocycles. The summed E-state index contributed by atoms with van der Waals surface area (Å²) in [6.07, 6.45) is -4.32. The number of hydrogen-bond donors (Lipinski definition) is 0. The van der Waals surface area contributed by atoms with E-state index >= 15 is 0 Å². The van der Waals surface area contributed by atoms with E-state index in [2.05, 4.69) is 8.75 Å². The molecule has 0 aliphatic rings. The van der Waals surface area contributed by atoms with Crippen molar-refractivity contribution in [3.8, 4) is 11.4 Å². The highest BCUT2D eigenvalue weighted by atomic mass is 35.5. The zero-order chi connectivity index (χ0) is 10.9. The summed E-state index contributed by atoms with van der Waals surface area (Å²) in [5.41, 5.74) is -0.290. The van der Waals surface area contributed by atoms with Gasteiger partial charge in [0.05, 0.1) is 9.94 Å². The van der Waals surface area contributed by atoms with E-state index in [0.29, 0.717) is 11.4 Å². The van der Waals surface area contributed by atoms with Gasteiger partial charge in [-0.05, 0) is 12.1 Å². The molecular weight excluding hydrogens is 281 g/mol. The third-order valence-corrected chi connectivity index (χ3v) is 2.94. The molecule has 0 fully saturated rings. The van der Waals surface area contributed by atoms with Gasteiger partial charge in [-0.1, -0.05) is 12.1 Å². The average molecular weight is 285 g/mol. The molecule has 2 aromatic rings. The number of halogens is 4. The molecule has 0 radical (unpaired) electrons. The Morgan fingerprint density at radius 2 is 2.00 bits per heavy atom. The summed E-state index contributed by atoms with van der Waals surface area (Å²) in [5, 5.41) is 0. The second-order valence-corrected chi connectivity index (χ2v) is 4.29. The highest BCUT2D eigenvalue weighted by Gasteiger charge is 2.30. The average Bonchev–Trinajstić information content (AvgIpc) is 2.69. The van der Waals surface area contributed by atoms with Gasteiger partial charge in [-0.2, -0.15) is 13.2 Å². The van der Waals surface area contributed by atoms with Gasteiger partial charge in [-0.3, -0.25) is 0 Å². The number of nitrogens with zero attached hydrogens (tertiary/aromatic N) is 2. The van der Waals surface area contributed by atoms with Crippen molar-refractivity contribution in [3.05, 3.63) is 29.8 Å². The fraction of sp³-hybridized carbons (Fsp3) is 0.125. The van der Waals surface area contributed by atoms with Crippen LogP contribution in [0.5, 0.6) is 0 Å². The first-order valence-corrected chi connectivity index (χ1v) is 5.93. The van der Waals surface area contributed by atoms with Crippen LogP contribution < -0.4 is 12.4 Å². The molecule has 1 aromatic carbocycles. The van der Waals surface area contributed by atoms with Gasteiger partial charge in [-0.25, -0.2) is 0 Å². The molecule has 0 unspecified atom stereocenters. The molecule has 16 heavy (non-hydrogen) atoms. The van der Waals surface area contributed by atoms with E-state index in [-0.39, 0.29) is 12.4 Å². The van der Waals surface area contributed by atoms with Crippen molar-refractivity contribution in [2.24, 2.45) is 0 Å². The summed E-state index contributed by atoms with van der Waals surface area (Å²) in [5.74, 6) is 0.344. The van der Waals surface area contributed by atoms with Crippen LogP contribution in [-0.4, -0.2) is 8.75 Å². The van der Waals surface area contributed by atoms with Crippen LogP contribution in [0.25, 0.3) is 11.4 Å². The Kier molecular flexibility index (Phi) is 4.17. The normalized spacial score (nSPS) is 10.9. The summed E-state index contributed by atoms with van der Waals surface area (Å²) in [4.78, 5) is 0. The molecule has 0 N–H and O–H groups in total. The molecule has 2 rings (SSSR count). The molecule has 0 spiro atoms. The van der Waals surface area contributed by atoms with Crippen LogP contribution in [-0.2, 0) is 6.18 Å². The van der Waals surface area contributed by atoms with Crippen molar-refractivity contribution in [3.63, 3.8) is 0 Å². The Balaban J connectivity index is 0.00000128. The minimum Gasteiger partial charge on any atom is -1.00 e. The minimum absolute atomic E-state index is 0. The maximum atomic E-state index is 12.4. The Bertz CT molecular complexity index is 459. The van der Waals surface area contributed by atoms with Crippen molar-refractivity contribution in [1.82, 2.24) is 8.75 Å². The van der Waals surface area contributed by atoms with Crippen molar-refractivity contribution < 1.29 is 25.6 Å². The third kappa shape index (κ3) is 2.87. The highest BCUT2D eigenvalue weighted by Crippen LogP contribution is 2.31. The number of alkyl halides is 3. The van der Waals surface area contributed by atoms with Crippen molar-refractivity contribution in [1.29, 1.82) is 0 Å². The largest absolute Gasteiger partial charge is 1.00 e. The van der Waals surface area contributed by atoms with E-state index in [0.717, 1.165) is 33.2 Å². The van der Waals surface area contributed by atoms with Crippen LogP contribution in [0, 0.1) is 0 Å². The van der Waals surface area contributed by atoms with Gasteiger partial charge in [0.25, 0.3) is 0 Å². The van der Waals surface area contributed by atoms with Gasteiger partial charge in [-0.15, -0.1) is 4.37 Å². The Morgan fingerprint density at radius 1 is 1.25 bits per heavy atom. The standard InChI is InChI=1S/C8H4F3N2S2.ClH/c9-8(10,11)6-3-1-2-5(4-6)7-12-14-15-13-7;/h1-4H;1H/q+1;/p-1. The van der Waals surface area contributed by atoms with E-state index < -0.39 is 11.7 Å². The van der Waals surface area contributed by atoms with Gasteiger partial charge in [0, 0.05) is 5.56 Å². The Hall–Kier alpha value is -0.790. The van der Waals surface area contributed by atoms with Gasteiger partial charge in [0.2, 0.25) is 5.82 Å². The van der Waals surface area contributed by atoms with Gasteiger partial charge in [0.15, 0.2) is 0 Å². The fourth-order valence-electron chi connectivity index (χ4n) is 1.06. The predicted octanol–water partition coefficient (Wildman–Crippen LogP) is 0.570. The first-order chi connectivity index (χ1) is 7.07. The monoisotopic (exact) mass is 284 g/mol. The van der Waals surface area contributed by atoms with Gasteiger partial charge >= 0.3 is 27.2 Å². The van der Waals surface area contributed by atoms with Crippen molar-refractivity contribution in [2.45, 2.75) is 6.18 Å². The molecule has 0 aliphatic heterocycles. The zero-order valence-corrected chi connectivity index (χ0v) is 9.92. The van der Waals surface area contributed by atoms with Crippen LogP contribution in [0.1, 0.15) is 5.56 Å². The van der Waals surface area contributed by atoms with Crippen LogP contribution >= 0.6 is 21.1 Å². The third-order valence-electron chi connectivity index (χ3n) is 1.73. The summed E-state index contributed by atoms with van der Waals surface area (Å²) in [6, 6.07) is 4.99. The predicted molar refractivity (Wildman–Crippen MR) is 52.6 cm³/mol. The Morgan fingerprint density at radius 3 is 2.56 bits per heavy atom. The molecule has 8 heteroatoms. The van der Waals surface area contributed by atoms with Crippen LogP contribution in [0.4, 0.5) is 13.2 Å². The van der Waals surface area contributed by atoms with E-state index in [1.54, 1.807) is 6.07 Å². The lowest BCUT2D eigenvalue weighted by molar-refractivity contribution is -0.137. The Labute approximate surface area is 103 Å². The summed E-state index contributed by atoms with van der Waals surface area (Å²) in [7, 11) is 2.29. The molecule has 86 valence electrons. The molecule has 0 amide bonds. The number of aromatic nitrogens is 2. The van der Waals surface area contributed by atoms with Crippen molar-refractivity contribution >= 4 is 21.1 Å². The van der Waals surface area contributed by atoms with Crippen LogP contribution in [0.15, 0.2) is 24.3 Å².